The second-order valence-electron chi connectivity index (χ2n) is 6.94. The molecule has 5 nitrogen and oxygen atoms in total. The highest BCUT2D eigenvalue weighted by atomic mass is 16.5. The van der Waals surface area contributed by atoms with Gasteiger partial charge in [0.15, 0.2) is 0 Å². The predicted molar refractivity (Wildman–Crippen MR) is 114 cm³/mol. The quantitative estimate of drug-likeness (QED) is 0.465. The van der Waals surface area contributed by atoms with E-state index in [1.807, 2.05) is 79.0 Å². The molecular weight excluding hydrogens is 362 g/mol. The van der Waals surface area contributed by atoms with Gasteiger partial charge in [-0.1, -0.05) is 48.5 Å². The lowest BCUT2D eigenvalue weighted by Crippen LogP contribution is -2.15. The molecule has 3 aromatic carbocycles. The van der Waals surface area contributed by atoms with E-state index in [1.165, 1.54) is 4.68 Å². The fraction of sp³-hybridized carbons (Fsp3) is 0.0833. The molecule has 0 saturated heterocycles. The van der Waals surface area contributed by atoms with E-state index < -0.39 is 0 Å². The number of methoxy groups -OCH3 is 1. The van der Waals surface area contributed by atoms with Gasteiger partial charge in [0, 0.05) is 18.1 Å². The lowest BCUT2D eigenvalue weighted by Gasteiger charge is -2.14. The Labute approximate surface area is 167 Å². The van der Waals surface area contributed by atoms with Gasteiger partial charge < -0.3 is 9.30 Å². The van der Waals surface area contributed by atoms with E-state index in [1.54, 1.807) is 7.11 Å². The van der Waals surface area contributed by atoms with E-state index >= 15 is 0 Å². The van der Waals surface area contributed by atoms with Crippen molar-refractivity contribution in [3.63, 3.8) is 0 Å². The second kappa shape index (κ2) is 6.95. The highest BCUT2D eigenvalue weighted by Gasteiger charge is 2.20. The van der Waals surface area contributed by atoms with Gasteiger partial charge >= 0.3 is 0 Å². The van der Waals surface area contributed by atoms with E-state index in [0.29, 0.717) is 12.1 Å². The Bertz CT molecular complexity index is 1320. The summed E-state index contributed by atoms with van der Waals surface area (Å²) < 4.78 is 8.84. The highest BCUT2D eigenvalue weighted by molar-refractivity contribution is 5.93. The first-order chi connectivity index (χ1) is 14.2. The summed E-state index contributed by atoms with van der Waals surface area (Å²) in [5.74, 6) is 0.824. The Hall–Kier alpha value is -3.86. The molecule has 0 bridgehead atoms. The third-order valence-corrected chi connectivity index (χ3v) is 5.14. The van der Waals surface area contributed by atoms with Gasteiger partial charge in [-0.15, -0.1) is 0 Å². The topological polar surface area (TPSA) is 49.0 Å². The number of hydrogen-bond donors (Lipinski definition) is 0. The Morgan fingerprint density at radius 1 is 0.897 bits per heavy atom. The number of fused-ring (bicyclic) bond motifs is 3. The van der Waals surface area contributed by atoms with Crippen LogP contribution in [0.4, 0.5) is 0 Å². The van der Waals surface area contributed by atoms with Crippen LogP contribution in [0.3, 0.4) is 0 Å². The second-order valence-corrected chi connectivity index (χ2v) is 6.94. The summed E-state index contributed by atoms with van der Waals surface area (Å²) in [4.78, 5) is 13.1. The lowest BCUT2D eigenvalue weighted by molar-refractivity contribution is 0.414. The Morgan fingerprint density at radius 3 is 2.38 bits per heavy atom. The maximum absolute atomic E-state index is 13.1. The Morgan fingerprint density at radius 2 is 1.62 bits per heavy atom. The molecule has 0 aliphatic carbocycles. The normalized spacial score (nSPS) is 11.2. The number of ether oxygens (including phenoxy) is 1. The number of benzene rings is 3. The summed E-state index contributed by atoms with van der Waals surface area (Å²) in [5, 5.41) is 5.62. The molecule has 0 aromatic heterocycles. The maximum atomic E-state index is 13.1. The van der Waals surface area contributed by atoms with Crippen LogP contribution < -0.4 is 10.3 Å². The Balaban J connectivity index is 1.70. The zero-order chi connectivity index (χ0) is 19.8. The van der Waals surface area contributed by atoms with Crippen LogP contribution in [0.5, 0.6) is 5.75 Å². The van der Waals surface area contributed by atoms with Crippen LogP contribution >= 0.6 is 0 Å². The van der Waals surface area contributed by atoms with Crippen molar-refractivity contribution in [1.82, 2.24) is 14.3 Å². The lowest BCUT2D eigenvalue weighted by atomic mass is 10.1. The minimum absolute atomic E-state index is 0.111. The third-order valence-electron chi connectivity index (χ3n) is 5.14. The Kier molecular flexibility index (Phi) is 4.13. The maximum Gasteiger partial charge on any atom is 0.282 e. The van der Waals surface area contributed by atoms with Gasteiger partial charge in [-0.2, -0.15) is 9.78 Å². The summed E-state index contributed by atoms with van der Waals surface area (Å²) in [5.41, 5.74) is 4.15. The van der Waals surface area contributed by atoms with E-state index in [-0.39, 0.29) is 5.56 Å². The number of nitrogens with zero attached hydrogens (tertiary/aromatic N) is 3. The molecule has 5 heteroatoms. The van der Waals surface area contributed by atoms with Crippen LogP contribution in [0, 0.1) is 0 Å². The SMILES string of the molecule is COc1ccc(Cn2cc3c(=O)n(-c4ccccc4)nc-3c3ccccc32)cc1. The van der Waals surface area contributed by atoms with Crippen molar-refractivity contribution in [3.8, 4) is 22.7 Å². The molecule has 2 aliphatic heterocycles. The molecule has 5 rings (SSSR count). The van der Waals surface area contributed by atoms with Crippen LogP contribution in [0.15, 0.2) is 89.9 Å². The molecule has 0 amide bonds. The van der Waals surface area contributed by atoms with Gasteiger partial charge in [0.05, 0.1) is 23.9 Å². The first kappa shape index (κ1) is 17.3. The minimum Gasteiger partial charge on any atom is -0.497 e. The standard InChI is InChI=1S/C24H19N3O2/c1-29-19-13-11-17(12-14-19)15-26-16-21-23(20-9-5-6-10-22(20)26)25-27(24(21)28)18-7-3-2-4-8-18/h2-14,16H,15H2,1H3. The zero-order valence-electron chi connectivity index (χ0n) is 15.9. The minimum atomic E-state index is -0.111. The van der Waals surface area contributed by atoms with E-state index in [4.69, 9.17) is 4.74 Å². The average Bonchev–Trinajstić information content (AvgIpc) is 3.12. The third kappa shape index (κ3) is 2.97. The largest absolute Gasteiger partial charge is 0.497 e. The van der Waals surface area contributed by atoms with Crippen molar-refractivity contribution in [2.75, 3.05) is 7.11 Å². The number of rotatable bonds is 4. The molecule has 0 N–H and O–H groups in total. The first-order valence-corrected chi connectivity index (χ1v) is 9.44. The van der Waals surface area contributed by atoms with Crippen molar-refractivity contribution in [2.24, 2.45) is 0 Å². The molecule has 2 aliphatic rings. The molecule has 2 heterocycles. The number of aromatic nitrogens is 3. The van der Waals surface area contributed by atoms with Crippen molar-refractivity contribution < 1.29 is 4.74 Å². The van der Waals surface area contributed by atoms with Crippen molar-refractivity contribution in [2.45, 2.75) is 6.54 Å². The van der Waals surface area contributed by atoms with Crippen molar-refractivity contribution in [1.29, 1.82) is 0 Å². The first-order valence-electron chi connectivity index (χ1n) is 9.44. The fourth-order valence-corrected chi connectivity index (χ4v) is 3.68. The van der Waals surface area contributed by atoms with Gasteiger partial charge in [-0.25, -0.2) is 0 Å². The van der Waals surface area contributed by atoms with Crippen LogP contribution in [-0.2, 0) is 6.54 Å². The fourth-order valence-electron chi connectivity index (χ4n) is 3.68. The van der Waals surface area contributed by atoms with Gasteiger partial charge in [0.25, 0.3) is 5.56 Å². The average molecular weight is 381 g/mol. The van der Waals surface area contributed by atoms with Crippen LogP contribution in [0.25, 0.3) is 27.8 Å². The molecule has 0 saturated carbocycles. The van der Waals surface area contributed by atoms with Crippen molar-refractivity contribution in [3.05, 3.63) is 101 Å². The van der Waals surface area contributed by atoms with E-state index in [2.05, 4.69) is 15.7 Å². The van der Waals surface area contributed by atoms with E-state index in [0.717, 1.165) is 33.6 Å². The molecule has 0 spiro atoms. The van der Waals surface area contributed by atoms with Crippen LogP contribution in [0.2, 0.25) is 0 Å². The van der Waals surface area contributed by atoms with E-state index in [9.17, 15) is 4.79 Å². The highest BCUT2D eigenvalue weighted by Crippen LogP contribution is 2.28. The monoisotopic (exact) mass is 381 g/mol. The molecule has 0 unspecified atom stereocenters. The van der Waals surface area contributed by atoms with Gasteiger partial charge in [-0.3, -0.25) is 4.79 Å². The summed E-state index contributed by atoms with van der Waals surface area (Å²) >= 11 is 0. The molecule has 0 radical (unpaired) electrons. The number of pyridine rings is 1. The molecule has 3 aromatic rings. The molecular formula is C24H19N3O2. The van der Waals surface area contributed by atoms with Gasteiger partial charge in [0.1, 0.15) is 11.4 Å². The summed E-state index contributed by atoms with van der Waals surface area (Å²) in [6, 6.07) is 25.5. The predicted octanol–water partition coefficient (Wildman–Crippen LogP) is 4.35. The number of hydrogen-bond acceptors (Lipinski definition) is 3. The molecule has 142 valence electrons. The summed E-state index contributed by atoms with van der Waals surface area (Å²) in [6.07, 6.45) is 1.91. The van der Waals surface area contributed by atoms with Gasteiger partial charge in [-0.05, 0) is 35.9 Å². The summed E-state index contributed by atoms with van der Waals surface area (Å²) in [7, 11) is 1.66. The van der Waals surface area contributed by atoms with Gasteiger partial charge in [0.2, 0.25) is 0 Å². The van der Waals surface area contributed by atoms with Crippen LogP contribution in [0.1, 0.15) is 5.56 Å². The smallest absolute Gasteiger partial charge is 0.282 e. The zero-order valence-corrected chi connectivity index (χ0v) is 15.9. The van der Waals surface area contributed by atoms with Crippen molar-refractivity contribution >= 4 is 10.9 Å². The van der Waals surface area contributed by atoms with Crippen LogP contribution in [-0.4, -0.2) is 21.5 Å². The number of para-hydroxylation sites is 2. The summed E-state index contributed by atoms with van der Waals surface area (Å²) in [6.45, 7) is 0.649. The molecule has 29 heavy (non-hydrogen) atoms. The molecule has 0 fully saturated rings. The molecule has 0 atom stereocenters.